The highest BCUT2D eigenvalue weighted by atomic mass is 19.4. The van der Waals surface area contributed by atoms with Crippen LogP contribution in [0.4, 0.5) is 13.2 Å². The van der Waals surface area contributed by atoms with Crippen LogP contribution in [0.1, 0.15) is 44.1 Å². The van der Waals surface area contributed by atoms with Crippen LogP contribution >= 0.6 is 0 Å². The molecule has 154 valence electrons. The molecule has 27 heavy (non-hydrogen) atoms. The summed E-state index contributed by atoms with van der Waals surface area (Å²) in [5.41, 5.74) is 1.04. The third kappa shape index (κ3) is 9.06. The number of rotatable bonds is 11. The molecule has 0 aromatic heterocycles. The second-order valence-corrected chi connectivity index (χ2v) is 6.94. The van der Waals surface area contributed by atoms with Crippen molar-refractivity contribution >= 4 is 0 Å². The number of alkyl halides is 3. The molecule has 2 rings (SSSR count). The van der Waals surface area contributed by atoms with Gasteiger partial charge in [-0.15, -0.1) is 0 Å². The number of hydrogen-bond donors (Lipinski definition) is 1. The van der Waals surface area contributed by atoms with Crippen LogP contribution in [0.15, 0.2) is 30.3 Å². The highest BCUT2D eigenvalue weighted by molar-refractivity contribution is 5.13. The van der Waals surface area contributed by atoms with Crippen LogP contribution in [0.2, 0.25) is 0 Å². The number of aliphatic hydroxyl groups is 1. The number of halogens is 3. The largest absolute Gasteiger partial charge is 0.394 e. The van der Waals surface area contributed by atoms with Gasteiger partial charge in [-0.2, -0.15) is 13.2 Å². The Balaban J connectivity index is 1.64. The van der Waals surface area contributed by atoms with Gasteiger partial charge >= 0.3 is 6.18 Å². The van der Waals surface area contributed by atoms with E-state index in [1.54, 1.807) is 0 Å². The van der Waals surface area contributed by atoms with Gasteiger partial charge in [0.1, 0.15) is 0 Å². The van der Waals surface area contributed by atoms with Crippen LogP contribution in [-0.2, 0) is 20.8 Å². The zero-order valence-electron chi connectivity index (χ0n) is 15.5. The molecular weight excluding hydrogens is 361 g/mol. The number of benzene rings is 1. The minimum absolute atomic E-state index is 0.265. The molecule has 2 unspecified atom stereocenters. The molecule has 1 aromatic carbocycles. The fraction of sp³-hybridized carbons (Fsp3) is 0.700. The molecule has 1 N–H and O–H groups in total. The molecule has 1 aliphatic rings. The Morgan fingerprint density at radius 1 is 1.19 bits per heavy atom. The summed E-state index contributed by atoms with van der Waals surface area (Å²) in [6, 6.07) is 9.64. The van der Waals surface area contributed by atoms with Crippen molar-refractivity contribution in [2.75, 3.05) is 19.8 Å². The summed E-state index contributed by atoms with van der Waals surface area (Å²) >= 11 is 0. The number of hydrogen-bond acceptors (Lipinski definition) is 4. The van der Waals surface area contributed by atoms with Gasteiger partial charge in [-0.1, -0.05) is 30.3 Å². The van der Waals surface area contributed by atoms with Crippen molar-refractivity contribution < 1.29 is 32.5 Å². The van der Waals surface area contributed by atoms with Crippen molar-refractivity contribution in [3.63, 3.8) is 0 Å². The SMILES string of the molecule is OC(CCCOCc1ccccc1)C[C@H](COC1CCCCO1)C(F)(F)F. The fourth-order valence-corrected chi connectivity index (χ4v) is 2.99. The van der Waals surface area contributed by atoms with Gasteiger partial charge in [0, 0.05) is 13.2 Å². The van der Waals surface area contributed by atoms with Gasteiger partial charge in [0.25, 0.3) is 0 Å². The van der Waals surface area contributed by atoms with E-state index in [9.17, 15) is 18.3 Å². The van der Waals surface area contributed by atoms with E-state index in [-0.39, 0.29) is 12.8 Å². The van der Waals surface area contributed by atoms with E-state index >= 15 is 0 Å². The van der Waals surface area contributed by atoms with Crippen LogP contribution in [0.5, 0.6) is 0 Å². The molecule has 3 atom stereocenters. The molecular formula is C20H29F3O4. The van der Waals surface area contributed by atoms with Gasteiger partial charge in [0.05, 0.1) is 25.2 Å². The summed E-state index contributed by atoms with van der Waals surface area (Å²) in [6.07, 6.45) is -3.17. The predicted octanol–water partition coefficient (Wildman–Crippen LogP) is 4.46. The summed E-state index contributed by atoms with van der Waals surface area (Å²) in [6.45, 7) is 0.898. The minimum atomic E-state index is -4.40. The highest BCUT2D eigenvalue weighted by Gasteiger charge is 2.41. The van der Waals surface area contributed by atoms with E-state index in [1.807, 2.05) is 30.3 Å². The smallest absolute Gasteiger partial charge is 0.393 e. The quantitative estimate of drug-likeness (QED) is 0.567. The van der Waals surface area contributed by atoms with E-state index in [0.29, 0.717) is 32.7 Å². The summed E-state index contributed by atoms with van der Waals surface area (Å²) in [7, 11) is 0. The predicted molar refractivity (Wildman–Crippen MR) is 95.0 cm³/mol. The molecule has 0 radical (unpaired) electrons. The Hall–Kier alpha value is -1.15. The number of aliphatic hydroxyl groups excluding tert-OH is 1. The summed E-state index contributed by atoms with van der Waals surface area (Å²) < 4.78 is 55.7. The van der Waals surface area contributed by atoms with Crippen molar-refractivity contribution in [3.8, 4) is 0 Å². The number of ether oxygens (including phenoxy) is 3. The van der Waals surface area contributed by atoms with Gasteiger partial charge < -0.3 is 19.3 Å². The Labute approximate surface area is 158 Å². The third-order valence-electron chi connectivity index (χ3n) is 4.58. The van der Waals surface area contributed by atoms with Crippen molar-refractivity contribution in [1.82, 2.24) is 0 Å². The van der Waals surface area contributed by atoms with Gasteiger partial charge in [0.15, 0.2) is 6.29 Å². The first-order chi connectivity index (χ1) is 12.9. The van der Waals surface area contributed by atoms with E-state index < -0.39 is 31.1 Å². The first-order valence-electron chi connectivity index (χ1n) is 9.55. The van der Waals surface area contributed by atoms with E-state index in [1.165, 1.54) is 0 Å². The lowest BCUT2D eigenvalue weighted by atomic mass is 9.99. The highest BCUT2D eigenvalue weighted by Crippen LogP contribution is 2.31. The Morgan fingerprint density at radius 3 is 2.63 bits per heavy atom. The maximum Gasteiger partial charge on any atom is 0.394 e. The third-order valence-corrected chi connectivity index (χ3v) is 4.58. The molecule has 0 bridgehead atoms. The lowest BCUT2D eigenvalue weighted by molar-refractivity contribution is -0.226. The Morgan fingerprint density at radius 2 is 1.96 bits per heavy atom. The van der Waals surface area contributed by atoms with E-state index in [4.69, 9.17) is 14.2 Å². The molecule has 0 saturated carbocycles. The fourth-order valence-electron chi connectivity index (χ4n) is 2.99. The van der Waals surface area contributed by atoms with Gasteiger partial charge in [-0.3, -0.25) is 0 Å². The van der Waals surface area contributed by atoms with E-state index in [0.717, 1.165) is 18.4 Å². The molecule has 1 aromatic rings. The standard InChI is InChI=1S/C20H29F3O4/c21-20(22,23)17(15-27-19-10-4-5-12-26-19)13-18(24)9-6-11-25-14-16-7-2-1-3-8-16/h1-3,7-8,17-19,24H,4-6,9-15H2/t17-,18?,19?/m1/s1. The van der Waals surface area contributed by atoms with Crippen LogP contribution in [-0.4, -0.2) is 43.5 Å². The van der Waals surface area contributed by atoms with Crippen molar-refractivity contribution in [1.29, 1.82) is 0 Å². The van der Waals surface area contributed by atoms with Gasteiger partial charge in [-0.05, 0) is 44.1 Å². The Kier molecular flexibility index (Phi) is 9.54. The molecule has 1 saturated heterocycles. The normalized spacial score (nSPS) is 20.4. The maximum atomic E-state index is 13.2. The van der Waals surface area contributed by atoms with Gasteiger partial charge in [0.2, 0.25) is 0 Å². The molecule has 0 amide bonds. The maximum absolute atomic E-state index is 13.2. The topological polar surface area (TPSA) is 47.9 Å². The zero-order valence-corrected chi connectivity index (χ0v) is 15.5. The van der Waals surface area contributed by atoms with Crippen LogP contribution in [0, 0.1) is 5.92 Å². The molecule has 1 heterocycles. The van der Waals surface area contributed by atoms with E-state index in [2.05, 4.69) is 0 Å². The average molecular weight is 390 g/mol. The molecule has 1 aliphatic heterocycles. The minimum Gasteiger partial charge on any atom is -0.393 e. The molecule has 1 fully saturated rings. The first kappa shape index (κ1) is 22.1. The average Bonchev–Trinajstić information content (AvgIpc) is 2.65. The summed E-state index contributed by atoms with van der Waals surface area (Å²) in [4.78, 5) is 0. The van der Waals surface area contributed by atoms with Crippen molar-refractivity contribution in [2.24, 2.45) is 5.92 Å². The van der Waals surface area contributed by atoms with Crippen LogP contribution in [0.3, 0.4) is 0 Å². The van der Waals surface area contributed by atoms with Gasteiger partial charge in [-0.25, -0.2) is 0 Å². The van der Waals surface area contributed by atoms with Crippen LogP contribution < -0.4 is 0 Å². The molecule has 0 aliphatic carbocycles. The second-order valence-electron chi connectivity index (χ2n) is 6.94. The zero-order chi connectivity index (χ0) is 19.5. The van der Waals surface area contributed by atoms with Crippen molar-refractivity contribution in [3.05, 3.63) is 35.9 Å². The van der Waals surface area contributed by atoms with Crippen molar-refractivity contribution in [2.45, 2.75) is 63.7 Å². The Bertz CT molecular complexity index is 504. The summed E-state index contributed by atoms with van der Waals surface area (Å²) in [5.74, 6) is -1.69. The first-order valence-corrected chi connectivity index (χ1v) is 9.55. The lowest BCUT2D eigenvalue weighted by Crippen LogP contribution is -2.34. The second kappa shape index (κ2) is 11.6. The monoisotopic (exact) mass is 390 g/mol. The molecule has 0 spiro atoms. The van der Waals surface area contributed by atoms with Crippen LogP contribution in [0.25, 0.3) is 0 Å². The summed E-state index contributed by atoms with van der Waals surface area (Å²) in [5, 5.41) is 9.99. The molecule has 7 heteroatoms. The molecule has 4 nitrogen and oxygen atoms in total. The lowest BCUT2D eigenvalue weighted by Gasteiger charge is -2.27.